The van der Waals surface area contributed by atoms with Gasteiger partial charge in [-0.25, -0.2) is 9.59 Å². The summed E-state index contributed by atoms with van der Waals surface area (Å²) in [6, 6.07) is 27.2. The van der Waals surface area contributed by atoms with Crippen molar-refractivity contribution < 1.29 is 33.7 Å². The first kappa shape index (κ1) is 30.0. The molecule has 0 aromatic heterocycles. The zero-order valence-electron chi connectivity index (χ0n) is 24.1. The molecule has 0 atom stereocenters. The van der Waals surface area contributed by atoms with Gasteiger partial charge in [0.05, 0.1) is 24.5 Å². The van der Waals surface area contributed by atoms with Gasteiger partial charge in [-0.2, -0.15) is 0 Å². The molecule has 1 aliphatic carbocycles. The van der Waals surface area contributed by atoms with Crippen LogP contribution in [0.3, 0.4) is 0 Å². The highest BCUT2D eigenvalue weighted by Crippen LogP contribution is 2.28. The smallest absolute Gasteiger partial charge is 0.337 e. The number of carboxylic acids is 1. The monoisotopic (exact) mass is 595 g/mol. The van der Waals surface area contributed by atoms with E-state index in [-0.39, 0.29) is 29.4 Å². The van der Waals surface area contributed by atoms with Gasteiger partial charge in [0.15, 0.2) is 0 Å². The largest absolute Gasteiger partial charge is 0.497 e. The van der Waals surface area contributed by atoms with Gasteiger partial charge in [-0.15, -0.1) is 0 Å². The Balaban J connectivity index is 1.05. The quantitative estimate of drug-likeness (QED) is 0.156. The number of carboxylic acid groups (broad SMARTS) is 1. The predicted molar refractivity (Wildman–Crippen MR) is 166 cm³/mol. The van der Waals surface area contributed by atoms with E-state index in [1.54, 1.807) is 73.8 Å². The molecular formula is C34H33N3O7. The summed E-state index contributed by atoms with van der Waals surface area (Å²) in [6.07, 6.45) is 3.36. The summed E-state index contributed by atoms with van der Waals surface area (Å²) in [5.41, 5.74) is 1.31. The SMILES string of the molecule is COc1ccc(NC(=O)NC2CCC(Oc3ccc(Oc4ccc(C(=O)Nc5ccccc5C(=O)O)cc4)cc3)CC2)cc1. The number of hydrogen-bond acceptors (Lipinski definition) is 6. The van der Waals surface area contributed by atoms with Crippen LogP contribution in [0.4, 0.5) is 16.2 Å². The van der Waals surface area contributed by atoms with Crippen molar-refractivity contribution in [1.29, 1.82) is 0 Å². The van der Waals surface area contributed by atoms with Crippen LogP contribution in [0.5, 0.6) is 23.0 Å². The molecule has 10 nitrogen and oxygen atoms in total. The molecule has 0 bridgehead atoms. The van der Waals surface area contributed by atoms with Crippen molar-refractivity contribution in [2.24, 2.45) is 0 Å². The number of para-hydroxylation sites is 1. The fraction of sp³-hybridized carbons (Fsp3) is 0.206. The van der Waals surface area contributed by atoms with Crippen molar-refractivity contribution in [3.05, 3.63) is 108 Å². The number of amides is 3. The van der Waals surface area contributed by atoms with Gasteiger partial charge in [0.25, 0.3) is 5.91 Å². The van der Waals surface area contributed by atoms with E-state index in [0.29, 0.717) is 22.7 Å². The van der Waals surface area contributed by atoms with Crippen LogP contribution in [-0.4, -0.2) is 42.3 Å². The first-order valence-electron chi connectivity index (χ1n) is 14.3. The average Bonchev–Trinajstić information content (AvgIpc) is 3.04. The van der Waals surface area contributed by atoms with E-state index in [4.69, 9.17) is 14.2 Å². The van der Waals surface area contributed by atoms with Crippen molar-refractivity contribution in [2.75, 3.05) is 17.7 Å². The third-order valence-corrected chi connectivity index (χ3v) is 7.24. The minimum Gasteiger partial charge on any atom is -0.497 e. The molecule has 44 heavy (non-hydrogen) atoms. The minimum absolute atomic E-state index is 0.0173. The van der Waals surface area contributed by atoms with Gasteiger partial charge in [-0.1, -0.05) is 12.1 Å². The lowest BCUT2D eigenvalue weighted by Crippen LogP contribution is -2.41. The van der Waals surface area contributed by atoms with Crippen LogP contribution in [0, 0.1) is 0 Å². The lowest BCUT2D eigenvalue weighted by Gasteiger charge is -2.29. The van der Waals surface area contributed by atoms with Gasteiger partial charge in [-0.3, -0.25) is 4.79 Å². The van der Waals surface area contributed by atoms with E-state index in [1.165, 1.54) is 6.07 Å². The molecule has 0 heterocycles. The molecule has 0 unspecified atom stereocenters. The fourth-order valence-corrected chi connectivity index (χ4v) is 4.91. The van der Waals surface area contributed by atoms with Crippen LogP contribution in [0.25, 0.3) is 0 Å². The van der Waals surface area contributed by atoms with E-state index in [0.717, 1.165) is 37.2 Å². The molecule has 4 aromatic carbocycles. The molecule has 226 valence electrons. The maximum atomic E-state index is 12.6. The van der Waals surface area contributed by atoms with Gasteiger partial charge in [-0.05, 0) is 111 Å². The molecule has 0 spiro atoms. The number of methoxy groups -OCH3 is 1. The van der Waals surface area contributed by atoms with E-state index in [1.807, 2.05) is 24.3 Å². The fourth-order valence-electron chi connectivity index (χ4n) is 4.91. The number of urea groups is 1. The van der Waals surface area contributed by atoms with Gasteiger partial charge in [0.1, 0.15) is 23.0 Å². The third kappa shape index (κ3) is 8.07. The molecule has 3 amide bonds. The second-order valence-corrected chi connectivity index (χ2v) is 10.3. The summed E-state index contributed by atoms with van der Waals surface area (Å²) >= 11 is 0. The molecular weight excluding hydrogens is 562 g/mol. The predicted octanol–water partition coefficient (Wildman–Crippen LogP) is 6.95. The number of nitrogens with one attached hydrogen (secondary N) is 3. The van der Waals surface area contributed by atoms with E-state index < -0.39 is 11.9 Å². The van der Waals surface area contributed by atoms with Crippen LogP contribution in [0.2, 0.25) is 0 Å². The topological polar surface area (TPSA) is 135 Å². The second-order valence-electron chi connectivity index (χ2n) is 10.3. The number of anilines is 2. The number of aromatic carboxylic acids is 1. The zero-order chi connectivity index (χ0) is 30.9. The molecule has 0 aliphatic heterocycles. The summed E-state index contributed by atoms with van der Waals surface area (Å²) in [6.45, 7) is 0. The first-order chi connectivity index (χ1) is 21.4. The Hall–Kier alpha value is -5.51. The van der Waals surface area contributed by atoms with Gasteiger partial charge >= 0.3 is 12.0 Å². The van der Waals surface area contributed by atoms with Gasteiger partial charge in [0.2, 0.25) is 0 Å². The molecule has 0 radical (unpaired) electrons. The molecule has 1 fully saturated rings. The van der Waals surface area contributed by atoms with Crippen molar-refractivity contribution in [3.63, 3.8) is 0 Å². The Kier molecular flexibility index (Phi) is 9.61. The Morgan fingerprint density at radius 2 is 1.30 bits per heavy atom. The number of rotatable bonds is 10. The third-order valence-electron chi connectivity index (χ3n) is 7.24. The highest BCUT2D eigenvalue weighted by Gasteiger charge is 2.24. The molecule has 0 saturated heterocycles. The lowest BCUT2D eigenvalue weighted by atomic mass is 9.93. The van der Waals surface area contributed by atoms with E-state index >= 15 is 0 Å². The van der Waals surface area contributed by atoms with Gasteiger partial charge < -0.3 is 35.3 Å². The average molecular weight is 596 g/mol. The van der Waals surface area contributed by atoms with Crippen LogP contribution < -0.4 is 30.2 Å². The molecule has 1 saturated carbocycles. The van der Waals surface area contributed by atoms with Crippen LogP contribution in [0.15, 0.2) is 97.1 Å². The summed E-state index contributed by atoms with van der Waals surface area (Å²) < 4.78 is 17.2. The Morgan fingerprint density at radius 3 is 1.93 bits per heavy atom. The number of ether oxygens (including phenoxy) is 3. The molecule has 1 aliphatic rings. The maximum absolute atomic E-state index is 12.6. The van der Waals surface area contributed by atoms with Crippen LogP contribution >= 0.6 is 0 Å². The number of carbonyl (C=O) groups excluding carboxylic acids is 2. The van der Waals surface area contributed by atoms with E-state index in [2.05, 4.69) is 16.0 Å². The minimum atomic E-state index is -1.12. The molecule has 4 N–H and O–H groups in total. The van der Waals surface area contributed by atoms with Crippen molar-refractivity contribution >= 4 is 29.3 Å². The summed E-state index contributed by atoms with van der Waals surface area (Å²) in [5, 5.41) is 17.8. The Labute approximate surface area is 255 Å². The van der Waals surface area contributed by atoms with Crippen LogP contribution in [-0.2, 0) is 0 Å². The highest BCUT2D eigenvalue weighted by molar-refractivity contribution is 6.07. The first-order valence-corrected chi connectivity index (χ1v) is 14.3. The maximum Gasteiger partial charge on any atom is 0.337 e. The van der Waals surface area contributed by atoms with Crippen LogP contribution in [0.1, 0.15) is 46.4 Å². The number of carbonyl (C=O) groups is 3. The number of benzene rings is 4. The molecule has 10 heteroatoms. The summed E-state index contributed by atoms with van der Waals surface area (Å²) in [7, 11) is 1.60. The second kappa shape index (κ2) is 14.1. The Bertz CT molecular complexity index is 1580. The van der Waals surface area contributed by atoms with Crippen molar-refractivity contribution in [1.82, 2.24) is 5.32 Å². The Morgan fingerprint density at radius 1 is 0.705 bits per heavy atom. The standard InChI is InChI=1S/C34H33N3O7/c1-42-25-14-8-23(9-15-25)35-34(41)36-24-10-16-27(17-11-24)44-29-20-18-28(19-21-29)43-26-12-6-22(7-13-26)32(38)37-31-5-3-2-4-30(31)33(39)40/h2-9,12-15,18-21,24,27H,10-11,16-17H2,1H3,(H,37,38)(H,39,40)(H2,35,36,41). The normalized spacial score (nSPS) is 15.8. The lowest BCUT2D eigenvalue weighted by molar-refractivity contribution is 0.0698. The van der Waals surface area contributed by atoms with E-state index in [9.17, 15) is 19.5 Å². The highest BCUT2D eigenvalue weighted by atomic mass is 16.5. The van der Waals surface area contributed by atoms with Crippen molar-refractivity contribution in [2.45, 2.75) is 37.8 Å². The number of hydrogen-bond donors (Lipinski definition) is 4. The summed E-state index contributed by atoms with van der Waals surface area (Å²) in [5.74, 6) is 1.08. The molecule has 5 rings (SSSR count). The zero-order valence-corrected chi connectivity index (χ0v) is 24.1. The van der Waals surface area contributed by atoms with Crippen molar-refractivity contribution in [3.8, 4) is 23.0 Å². The van der Waals surface area contributed by atoms with Gasteiger partial charge in [0, 0.05) is 17.3 Å². The molecule has 4 aromatic rings. The summed E-state index contributed by atoms with van der Waals surface area (Å²) in [4.78, 5) is 36.4.